The third-order valence-electron chi connectivity index (χ3n) is 3.32. The molecule has 0 amide bonds. The van der Waals surface area contributed by atoms with Gasteiger partial charge in [0.2, 0.25) is 0 Å². The first-order chi connectivity index (χ1) is 9.51. The van der Waals surface area contributed by atoms with Crippen molar-refractivity contribution in [3.8, 4) is 0 Å². The molecule has 0 saturated carbocycles. The van der Waals surface area contributed by atoms with Gasteiger partial charge in [-0.05, 0) is 40.8 Å². The molecule has 0 aliphatic rings. The third-order valence-corrected chi connectivity index (χ3v) is 4.00. The molecule has 0 spiro atoms. The van der Waals surface area contributed by atoms with Gasteiger partial charge in [0.1, 0.15) is 0 Å². The van der Waals surface area contributed by atoms with Crippen molar-refractivity contribution in [3.05, 3.63) is 68.7 Å². The number of hydrogen-bond donors (Lipinski definition) is 2. The first-order valence-electron chi connectivity index (χ1n) is 6.53. The molecule has 0 radical (unpaired) electrons. The Morgan fingerprint density at radius 2 is 1.60 bits per heavy atom. The lowest BCUT2D eigenvalue weighted by molar-refractivity contribution is 0.636. The molecule has 4 heteroatoms. The fourth-order valence-electron chi connectivity index (χ4n) is 2.20. The fraction of sp³-hybridized carbons (Fsp3) is 0.250. The first-order valence-corrected chi connectivity index (χ1v) is 7.70. The molecule has 0 bridgehead atoms. The predicted molar refractivity (Wildman–Crippen MR) is 88.8 cm³/mol. The highest BCUT2D eigenvalue weighted by atomic mass is 79.9. The molecular weight excluding hydrogens is 336 g/mol. The van der Waals surface area contributed by atoms with Gasteiger partial charge in [0.05, 0.1) is 6.04 Å². The summed E-state index contributed by atoms with van der Waals surface area (Å²) in [5.74, 6) is 6.25. The molecule has 0 aliphatic carbocycles. The van der Waals surface area contributed by atoms with Crippen LogP contribution in [0.25, 0.3) is 0 Å². The lowest BCUT2D eigenvalue weighted by atomic mass is 9.96. The molecule has 2 nitrogen and oxygen atoms in total. The van der Waals surface area contributed by atoms with Crippen molar-refractivity contribution in [2.24, 2.45) is 5.84 Å². The zero-order valence-corrected chi connectivity index (χ0v) is 13.9. The van der Waals surface area contributed by atoms with Crippen molar-refractivity contribution in [2.45, 2.75) is 25.8 Å². The summed E-state index contributed by atoms with van der Waals surface area (Å²) in [5.41, 5.74) is 6.32. The zero-order chi connectivity index (χ0) is 14.7. The van der Waals surface area contributed by atoms with Crippen LogP contribution in [0.15, 0.2) is 46.9 Å². The lowest BCUT2D eigenvalue weighted by Gasteiger charge is -2.18. The first kappa shape index (κ1) is 15.5. The van der Waals surface area contributed by atoms with Crippen molar-refractivity contribution in [1.82, 2.24) is 5.43 Å². The average molecular weight is 354 g/mol. The van der Waals surface area contributed by atoms with Gasteiger partial charge >= 0.3 is 0 Å². The van der Waals surface area contributed by atoms with E-state index in [-0.39, 0.29) is 6.04 Å². The summed E-state index contributed by atoms with van der Waals surface area (Å²) < 4.78 is 0.944. The van der Waals surface area contributed by atoms with Crippen molar-refractivity contribution in [3.63, 3.8) is 0 Å². The Bertz CT molecular complexity index is 561. The van der Waals surface area contributed by atoms with Crippen LogP contribution < -0.4 is 11.3 Å². The second-order valence-electron chi connectivity index (χ2n) is 5.12. The summed E-state index contributed by atoms with van der Waals surface area (Å²) in [4.78, 5) is 0. The summed E-state index contributed by atoms with van der Waals surface area (Å²) in [6.07, 6.45) is 0. The van der Waals surface area contributed by atoms with Crippen LogP contribution in [-0.4, -0.2) is 0 Å². The topological polar surface area (TPSA) is 38.0 Å². The molecule has 0 heterocycles. The maximum atomic E-state index is 6.11. The highest BCUT2D eigenvalue weighted by molar-refractivity contribution is 9.10. The van der Waals surface area contributed by atoms with Gasteiger partial charge in [0.25, 0.3) is 0 Å². The molecule has 2 rings (SSSR count). The van der Waals surface area contributed by atoms with E-state index in [9.17, 15) is 0 Å². The molecule has 0 aromatic heterocycles. The number of halogens is 2. The van der Waals surface area contributed by atoms with Crippen molar-refractivity contribution >= 4 is 27.5 Å². The maximum absolute atomic E-state index is 6.11. The van der Waals surface area contributed by atoms with E-state index in [1.807, 2.05) is 18.2 Å². The van der Waals surface area contributed by atoms with E-state index in [1.165, 1.54) is 5.56 Å². The molecule has 1 unspecified atom stereocenters. The molecule has 0 aliphatic heterocycles. The Balaban J connectivity index is 2.36. The number of rotatable bonds is 4. The minimum atomic E-state index is -0.0776. The molecule has 20 heavy (non-hydrogen) atoms. The van der Waals surface area contributed by atoms with Crippen LogP contribution in [0.2, 0.25) is 5.02 Å². The van der Waals surface area contributed by atoms with Crippen molar-refractivity contribution < 1.29 is 0 Å². The van der Waals surface area contributed by atoms with Crippen LogP contribution in [0.1, 0.15) is 42.5 Å². The fourth-order valence-corrected chi connectivity index (χ4v) is 3.09. The molecular formula is C16H18BrClN2. The van der Waals surface area contributed by atoms with Crippen LogP contribution in [-0.2, 0) is 0 Å². The van der Waals surface area contributed by atoms with Crippen LogP contribution in [0, 0.1) is 0 Å². The van der Waals surface area contributed by atoms with Gasteiger partial charge < -0.3 is 0 Å². The minimum absolute atomic E-state index is 0.0776. The van der Waals surface area contributed by atoms with Crippen molar-refractivity contribution in [2.75, 3.05) is 0 Å². The van der Waals surface area contributed by atoms with Crippen LogP contribution in [0.5, 0.6) is 0 Å². The average Bonchev–Trinajstić information content (AvgIpc) is 2.39. The monoisotopic (exact) mass is 352 g/mol. The van der Waals surface area contributed by atoms with Gasteiger partial charge in [-0.3, -0.25) is 5.84 Å². The number of nitrogens with one attached hydrogen (secondary N) is 1. The normalized spacial score (nSPS) is 12.7. The van der Waals surface area contributed by atoms with E-state index < -0.39 is 0 Å². The Morgan fingerprint density at radius 1 is 1.00 bits per heavy atom. The Morgan fingerprint density at radius 3 is 2.10 bits per heavy atom. The van der Waals surface area contributed by atoms with Gasteiger partial charge in [-0.2, -0.15) is 0 Å². The van der Waals surface area contributed by atoms with Crippen LogP contribution >= 0.6 is 27.5 Å². The van der Waals surface area contributed by atoms with E-state index in [2.05, 4.69) is 59.5 Å². The van der Waals surface area contributed by atoms with Gasteiger partial charge in [-0.25, -0.2) is 5.43 Å². The molecule has 1 atom stereocenters. The second-order valence-corrected chi connectivity index (χ2v) is 6.48. The van der Waals surface area contributed by atoms with E-state index in [0.29, 0.717) is 10.9 Å². The van der Waals surface area contributed by atoms with Crippen LogP contribution in [0.3, 0.4) is 0 Å². The van der Waals surface area contributed by atoms with Crippen molar-refractivity contribution in [1.29, 1.82) is 0 Å². The maximum Gasteiger partial charge on any atom is 0.0711 e. The van der Waals surface area contributed by atoms with Gasteiger partial charge in [0.15, 0.2) is 0 Å². The van der Waals surface area contributed by atoms with E-state index in [0.717, 1.165) is 15.6 Å². The summed E-state index contributed by atoms with van der Waals surface area (Å²) in [7, 11) is 0. The SMILES string of the molecule is CC(C)c1ccc(C(NN)c2cc(Cl)cc(Br)c2)cc1. The number of hydrazine groups is 1. The number of nitrogens with two attached hydrogens (primary N) is 1. The third kappa shape index (κ3) is 3.61. The van der Waals surface area contributed by atoms with E-state index in [4.69, 9.17) is 17.4 Å². The zero-order valence-electron chi connectivity index (χ0n) is 11.5. The Hall–Kier alpha value is -0.870. The number of benzene rings is 2. The smallest absolute Gasteiger partial charge is 0.0711 e. The molecule has 2 aromatic rings. The summed E-state index contributed by atoms with van der Waals surface area (Å²) >= 11 is 9.57. The summed E-state index contributed by atoms with van der Waals surface area (Å²) in [6.45, 7) is 4.36. The highest BCUT2D eigenvalue weighted by Crippen LogP contribution is 2.28. The predicted octanol–water partition coefficient (Wildman–Crippen LogP) is 4.78. The summed E-state index contributed by atoms with van der Waals surface area (Å²) in [5, 5.41) is 0.688. The lowest BCUT2D eigenvalue weighted by Crippen LogP contribution is -2.28. The van der Waals surface area contributed by atoms with E-state index in [1.54, 1.807) is 0 Å². The van der Waals surface area contributed by atoms with Gasteiger partial charge in [-0.1, -0.05) is 65.6 Å². The quantitative estimate of drug-likeness (QED) is 0.613. The molecule has 106 valence electrons. The standard InChI is InChI=1S/C16H18BrClN2/c1-10(2)11-3-5-12(6-4-11)16(20-19)13-7-14(17)9-15(18)8-13/h3-10,16,20H,19H2,1-2H3. The largest absolute Gasteiger partial charge is 0.271 e. The summed E-state index contributed by atoms with van der Waals surface area (Å²) in [6, 6.07) is 14.2. The Kier molecular flexibility index (Phi) is 5.22. The Labute approximate surface area is 133 Å². The molecule has 2 aromatic carbocycles. The van der Waals surface area contributed by atoms with Gasteiger partial charge in [0, 0.05) is 9.50 Å². The second kappa shape index (κ2) is 6.72. The molecule has 0 saturated heterocycles. The molecule has 0 fully saturated rings. The molecule has 3 N–H and O–H groups in total. The van der Waals surface area contributed by atoms with Gasteiger partial charge in [-0.15, -0.1) is 0 Å². The van der Waals surface area contributed by atoms with Crippen LogP contribution in [0.4, 0.5) is 0 Å². The minimum Gasteiger partial charge on any atom is -0.271 e. The number of hydrogen-bond acceptors (Lipinski definition) is 2. The highest BCUT2D eigenvalue weighted by Gasteiger charge is 2.14. The van der Waals surface area contributed by atoms with E-state index >= 15 is 0 Å².